The highest BCUT2D eigenvalue weighted by molar-refractivity contribution is 7.89. The van der Waals surface area contributed by atoms with Crippen molar-refractivity contribution in [1.82, 2.24) is 10.0 Å². The second kappa shape index (κ2) is 11.7. The van der Waals surface area contributed by atoms with Gasteiger partial charge in [0.2, 0.25) is 10.0 Å². The third-order valence-corrected chi connectivity index (χ3v) is 9.65. The summed E-state index contributed by atoms with van der Waals surface area (Å²) in [7, 11) is -3.42. The number of fused-ring (bicyclic) bond motifs is 1. The van der Waals surface area contributed by atoms with Gasteiger partial charge in [0.1, 0.15) is 0 Å². The molecule has 0 amide bonds. The van der Waals surface area contributed by atoms with Crippen molar-refractivity contribution in [3.63, 3.8) is 0 Å². The molecule has 5 heteroatoms. The van der Waals surface area contributed by atoms with Gasteiger partial charge in [-0.25, -0.2) is 13.1 Å². The van der Waals surface area contributed by atoms with Crippen LogP contribution in [0.1, 0.15) is 54.7 Å². The first-order valence-electron chi connectivity index (χ1n) is 13.5. The lowest BCUT2D eigenvalue weighted by atomic mass is 9.75. The molecule has 0 aromatic heterocycles. The summed E-state index contributed by atoms with van der Waals surface area (Å²) in [4.78, 5) is 0.349. The fraction of sp³-hybridized carbons (Fsp3) is 0.419. The van der Waals surface area contributed by atoms with Gasteiger partial charge in [0.05, 0.1) is 4.90 Å². The highest BCUT2D eigenvalue weighted by atomic mass is 32.2. The molecule has 36 heavy (non-hydrogen) atoms. The molecule has 2 N–H and O–H groups in total. The molecule has 0 saturated heterocycles. The summed E-state index contributed by atoms with van der Waals surface area (Å²) in [5, 5.41) is 3.98. The Kier molecular flexibility index (Phi) is 8.20. The Morgan fingerprint density at radius 1 is 0.694 bits per heavy atom. The Bertz CT molecular complexity index is 1210. The molecule has 0 aliphatic heterocycles. The van der Waals surface area contributed by atoms with E-state index < -0.39 is 10.0 Å². The fourth-order valence-electron chi connectivity index (χ4n) is 6.09. The normalized spacial score (nSPS) is 24.2. The molecule has 0 heterocycles. The molecule has 2 unspecified atom stereocenters. The Morgan fingerprint density at radius 3 is 2.03 bits per heavy atom. The van der Waals surface area contributed by atoms with Crippen LogP contribution in [-0.2, 0) is 22.9 Å². The predicted molar refractivity (Wildman–Crippen MR) is 147 cm³/mol. The number of nitrogens with one attached hydrogen (secondary N) is 2. The first-order chi connectivity index (χ1) is 17.6. The SMILES string of the molecule is O=S(=O)(NCC1CCC(CNC2CCc3ccccc3C2Cc2ccccc2)CC1)c1ccccc1. The van der Waals surface area contributed by atoms with E-state index in [1.165, 1.54) is 23.1 Å². The quantitative estimate of drug-likeness (QED) is 0.394. The minimum atomic E-state index is -3.42. The average Bonchev–Trinajstić information content (AvgIpc) is 2.93. The number of aryl methyl sites for hydroxylation is 1. The highest BCUT2D eigenvalue weighted by Crippen LogP contribution is 2.35. The van der Waals surface area contributed by atoms with E-state index in [1.807, 2.05) is 6.07 Å². The summed E-state index contributed by atoms with van der Waals surface area (Å²) in [6.45, 7) is 1.59. The van der Waals surface area contributed by atoms with Gasteiger partial charge in [0.25, 0.3) is 0 Å². The summed E-state index contributed by atoms with van der Waals surface area (Å²) in [6, 6.07) is 29.0. The molecule has 3 aromatic rings. The number of sulfonamides is 1. The van der Waals surface area contributed by atoms with Crippen molar-refractivity contribution in [3.05, 3.63) is 102 Å². The number of benzene rings is 3. The molecule has 1 saturated carbocycles. The highest BCUT2D eigenvalue weighted by Gasteiger charge is 2.30. The Labute approximate surface area is 216 Å². The molecular formula is C31H38N2O2S. The second-order valence-electron chi connectivity index (χ2n) is 10.6. The third-order valence-electron chi connectivity index (χ3n) is 8.21. The first kappa shape index (κ1) is 25.2. The molecule has 0 radical (unpaired) electrons. The molecule has 1 fully saturated rings. The predicted octanol–water partition coefficient (Wildman–Crippen LogP) is 5.70. The van der Waals surface area contributed by atoms with Crippen molar-refractivity contribution in [3.8, 4) is 0 Å². The van der Waals surface area contributed by atoms with Crippen molar-refractivity contribution in [2.75, 3.05) is 13.1 Å². The molecule has 0 bridgehead atoms. The minimum Gasteiger partial charge on any atom is -0.313 e. The van der Waals surface area contributed by atoms with E-state index in [0.29, 0.717) is 35.2 Å². The van der Waals surface area contributed by atoms with E-state index in [2.05, 4.69) is 64.6 Å². The zero-order valence-corrected chi connectivity index (χ0v) is 21.8. The zero-order valence-electron chi connectivity index (χ0n) is 21.0. The van der Waals surface area contributed by atoms with Crippen molar-refractivity contribution in [2.24, 2.45) is 11.8 Å². The van der Waals surface area contributed by atoms with Gasteiger partial charge in [-0.3, -0.25) is 0 Å². The van der Waals surface area contributed by atoms with Crippen molar-refractivity contribution >= 4 is 10.0 Å². The van der Waals surface area contributed by atoms with Gasteiger partial charge in [0, 0.05) is 18.5 Å². The van der Waals surface area contributed by atoms with Crippen LogP contribution in [0.4, 0.5) is 0 Å². The van der Waals surface area contributed by atoms with Gasteiger partial charge in [-0.2, -0.15) is 0 Å². The van der Waals surface area contributed by atoms with Crippen LogP contribution in [-0.4, -0.2) is 27.5 Å². The topological polar surface area (TPSA) is 58.2 Å². The molecule has 3 aromatic carbocycles. The lowest BCUT2D eigenvalue weighted by Crippen LogP contribution is -2.42. The summed E-state index contributed by atoms with van der Waals surface area (Å²) in [5.74, 6) is 1.59. The molecule has 190 valence electrons. The van der Waals surface area contributed by atoms with E-state index in [4.69, 9.17) is 0 Å². The van der Waals surface area contributed by atoms with Crippen molar-refractivity contribution in [2.45, 2.75) is 61.8 Å². The van der Waals surface area contributed by atoms with E-state index in [9.17, 15) is 8.42 Å². The van der Waals surface area contributed by atoms with Gasteiger partial charge >= 0.3 is 0 Å². The van der Waals surface area contributed by atoms with Crippen LogP contribution in [0.25, 0.3) is 0 Å². The van der Waals surface area contributed by atoms with Crippen molar-refractivity contribution < 1.29 is 8.42 Å². The van der Waals surface area contributed by atoms with Crippen LogP contribution in [0.2, 0.25) is 0 Å². The van der Waals surface area contributed by atoms with E-state index in [-0.39, 0.29) is 0 Å². The lowest BCUT2D eigenvalue weighted by molar-refractivity contribution is 0.252. The monoisotopic (exact) mass is 502 g/mol. The minimum absolute atomic E-state index is 0.349. The Hall–Kier alpha value is -2.47. The van der Waals surface area contributed by atoms with Crippen LogP contribution in [0.5, 0.6) is 0 Å². The maximum atomic E-state index is 12.5. The Morgan fingerprint density at radius 2 is 1.31 bits per heavy atom. The molecule has 2 atom stereocenters. The number of hydrogen-bond donors (Lipinski definition) is 2. The summed E-state index contributed by atoms with van der Waals surface area (Å²) < 4.78 is 27.9. The van der Waals surface area contributed by atoms with E-state index >= 15 is 0 Å². The lowest BCUT2D eigenvalue weighted by Gasteiger charge is -2.36. The maximum Gasteiger partial charge on any atom is 0.240 e. The third kappa shape index (κ3) is 6.26. The van der Waals surface area contributed by atoms with Gasteiger partial charge in [-0.1, -0.05) is 72.8 Å². The van der Waals surface area contributed by atoms with E-state index in [1.54, 1.807) is 24.3 Å². The maximum absolute atomic E-state index is 12.5. The van der Waals surface area contributed by atoms with Gasteiger partial charge < -0.3 is 5.32 Å². The molecule has 2 aliphatic carbocycles. The fourth-order valence-corrected chi connectivity index (χ4v) is 7.22. The van der Waals surface area contributed by atoms with Gasteiger partial charge in [0.15, 0.2) is 0 Å². The summed E-state index contributed by atoms with van der Waals surface area (Å²) >= 11 is 0. The van der Waals surface area contributed by atoms with Gasteiger partial charge in [-0.15, -0.1) is 0 Å². The molecule has 4 nitrogen and oxygen atoms in total. The molecule has 2 aliphatic rings. The molecule has 0 spiro atoms. The number of hydrogen-bond acceptors (Lipinski definition) is 3. The molecular weight excluding hydrogens is 464 g/mol. The van der Waals surface area contributed by atoms with Crippen LogP contribution < -0.4 is 10.0 Å². The van der Waals surface area contributed by atoms with Crippen LogP contribution in [0.3, 0.4) is 0 Å². The first-order valence-corrected chi connectivity index (χ1v) is 15.0. The summed E-state index contributed by atoms with van der Waals surface area (Å²) in [6.07, 6.45) is 7.91. The standard InChI is InChI=1S/C31H38N2O2S/c34-36(35,28-12-5-2-6-13-28)33-23-26-17-15-25(16-18-26)22-32-31-20-19-27-11-7-8-14-29(27)30(31)21-24-9-3-1-4-10-24/h1-14,25-26,30-33H,15-23H2. The van der Waals surface area contributed by atoms with E-state index in [0.717, 1.165) is 45.1 Å². The van der Waals surface area contributed by atoms with Crippen LogP contribution in [0.15, 0.2) is 89.8 Å². The number of rotatable bonds is 9. The average molecular weight is 503 g/mol. The summed E-state index contributed by atoms with van der Waals surface area (Å²) in [5.41, 5.74) is 4.43. The largest absolute Gasteiger partial charge is 0.313 e. The smallest absolute Gasteiger partial charge is 0.240 e. The van der Waals surface area contributed by atoms with Crippen LogP contribution >= 0.6 is 0 Å². The van der Waals surface area contributed by atoms with Crippen LogP contribution in [0, 0.1) is 11.8 Å². The second-order valence-corrected chi connectivity index (χ2v) is 12.4. The zero-order chi connectivity index (χ0) is 24.8. The van der Waals surface area contributed by atoms with Gasteiger partial charge in [-0.05, 0) is 92.1 Å². The van der Waals surface area contributed by atoms with Crippen molar-refractivity contribution in [1.29, 1.82) is 0 Å². The molecule has 5 rings (SSSR count). The Balaban J connectivity index is 1.13.